The summed E-state index contributed by atoms with van der Waals surface area (Å²) in [5, 5.41) is 18.9. The van der Waals surface area contributed by atoms with Crippen molar-refractivity contribution in [2.75, 3.05) is 12.4 Å². The third-order valence-corrected chi connectivity index (χ3v) is 3.56. The Kier molecular flexibility index (Phi) is 4.22. The summed E-state index contributed by atoms with van der Waals surface area (Å²) in [6.45, 7) is 0. The molecule has 0 fully saturated rings. The number of halogens is 1. The Balaban J connectivity index is 1.82. The highest BCUT2D eigenvalue weighted by Gasteiger charge is 2.13. The molecule has 3 aromatic rings. The van der Waals surface area contributed by atoms with Gasteiger partial charge in [0.15, 0.2) is 5.82 Å². The number of nitriles is 1. The van der Waals surface area contributed by atoms with Crippen LogP contribution in [0.5, 0.6) is 5.75 Å². The van der Waals surface area contributed by atoms with E-state index in [4.69, 9.17) is 21.6 Å². The van der Waals surface area contributed by atoms with E-state index in [1.54, 1.807) is 31.4 Å². The number of aromatic amines is 2. The number of hydrogen-bond donors (Lipinski definition) is 3. The number of H-pyrrole nitrogens is 2. The van der Waals surface area contributed by atoms with E-state index in [1.807, 2.05) is 6.07 Å². The van der Waals surface area contributed by atoms with E-state index in [9.17, 15) is 4.79 Å². The van der Waals surface area contributed by atoms with Crippen molar-refractivity contribution in [3.8, 4) is 23.1 Å². The molecule has 1 aromatic carbocycles. The number of anilines is 1. The number of hydrogen-bond acceptors (Lipinski definition) is 4. The molecule has 2 heterocycles. The Morgan fingerprint density at radius 2 is 2.21 bits per heavy atom. The lowest BCUT2D eigenvalue weighted by Crippen LogP contribution is -2.12. The molecule has 8 heteroatoms. The molecule has 0 bridgehead atoms. The van der Waals surface area contributed by atoms with Gasteiger partial charge < -0.3 is 15.0 Å². The molecule has 0 spiro atoms. The quantitative estimate of drug-likeness (QED) is 0.677. The third-order valence-electron chi connectivity index (χ3n) is 3.33. The molecule has 3 N–H and O–H groups in total. The maximum Gasteiger partial charge on any atom is 0.273 e. The van der Waals surface area contributed by atoms with Gasteiger partial charge in [0.2, 0.25) is 0 Å². The van der Waals surface area contributed by atoms with Crippen molar-refractivity contribution < 1.29 is 9.53 Å². The number of ether oxygens (including phenoxy) is 1. The van der Waals surface area contributed by atoms with Gasteiger partial charge in [0.05, 0.1) is 18.4 Å². The zero-order valence-electron chi connectivity index (χ0n) is 12.6. The number of methoxy groups -OCH3 is 1. The fraction of sp³-hybridized carbons (Fsp3) is 0.0625. The maximum atomic E-state index is 12.1. The molecule has 0 atom stereocenters. The van der Waals surface area contributed by atoms with Gasteiger partial charge in [-0.3, -0.25) is 9.89 Å². The van der Waals surface area contributed by atoms with Crippen molar-refractivity contribution in [3.63, 3.8) is 0 Å². The van der Waals surface area contributed by atoms with Crippen LogP contribution in [0, 0.1) is 11.3 Å². The highest BCUT2D eigenvalue weighted by atomic mass is 35.5. The Morgan fingerprint density at radius 1 is 1.38 bits per heavy atom. The van der Waals surface area contributed by atoms with Crippen molar-refractivity contribution in [1.29, 1.82) is 5.26 Å². The highest BCUT2D eigenvalue weighted by molar-refractivity contribution is 6.31. The number of aromatic nitrogens is 3. The van der Waals surface area contributed by atoms with E-state index >= 15 is 0 Å². The minimum absolute atomic E-state index is 0.274. The van der Waals surface area contributed by atoms with Gasteiger partial charge in [0, 0.05) is 22.8 Å². The van der Waals surface area contributed by atoms with E-state index in [2.05, 4.69) is 20.5 Å². The van der Waals surface area contributed by atoms with Gasteiger partial charge in [-0.25, -0.2) is 0 Å². The van der Waals surface area contributed by atoms with E-state index in [0.29, 0.717) is 27.8 Å². The van der Waals surface area contributed by atoms with Crippen LogP contribution in [0.1, 0.15) is 16.1 Å². The lowest BCUT2D eigenvalue weighted by Gasteiger charge is -2.06. The molecule has 7 nitrogen and oxygen atoms in total. The number of rotatable bonds is 4. The Bertz CT molecular complexity index is 938. The van der Waals surface area contributed by atoms with Crippen molar-refractivity contribution in [2.24, 2.45) is 0 Å². The van der Waals surface area contributed by atoms with Crippen LogP contribution in [0.4, 0.5) is 5.82 Å². The molecule has 3 rings (SSSR count). The van der Waals surface area contributed by atoms with Crippen LogP contribution in [-0.4, -0.2) is 28.2 Å². The molecule has 0 saturated carbocycles. The van der Waals surface area contributed by atoms with E-state index in [-0.39, 0.29) is 5.69 Å². The number of nitrogens with zero attached hydrogens (tertiary/aromatic N) is 2. The van der Waals surface area contributed by atoms with Gasteiger partial charge in [-0.2, -0.15) is 10.4 Å². The molecule has 2 aromatic heterocycles. The molecule has 120 valence electrons. The fourth-order valence-corrected chi connectivity index (χ4v) is 2.36. The van der Waals surface area contributed by atoms with Crippen LogP contribution in [-0.2, 0) is 0 Å². The van der Waals surface area contributed by atoms with Crippen molar-refractivity contribution in [3.05, 3.63) is 52.8 Å². The first kappa shape index (κ1) is 15.6. The molecule has 0 aliphatic heterocycles. The second-order valence-electron chi connectivity index (χ2n) is 4.88. The molecule has 0 aliphatic rings. The van der Waals surface area contributed by atoms with Gasteiger partial charge in [0.1, 0.15) is 17.5 Å². The minimum atomic E-state index is -0.396. The highest BCUT2D eigenvalue weighted by Crippen LogP contribution is 2.32. The number of carbonyl (C=O) groups excluding carboxylic acids is 1. The molecule has 1 amide bonds. The van der Waals surface area contributed by atoms with Crippen LogP contribution < -0.4 is 10.1 Å². The van der Waals surface area contributed by atoms with E-state index in [0.717, 1.165) is 5.56 Å². The van der Waals surface area contributed by atoms with Crippen LogP contribution in [0.2, 0.25) is 5.02 Å². The van der Waals surface area contributed by atoms with Crippen LogP contribution in [0.15, 0.2) is 36.5 Å². The SMILES string of the molecule is COc1ccc(Cl)cc1-c1cc(NC(=O)c2cc(C#N)c[nH]2)n[nH]1. The van der Waals surface area contributed by atoms with Crippen LogP contribution >= 0.6 is 11.6 Å². The zero-order valence-corrected chi connectivity index (χ0v) is 13.3. The first-order valence-corrected chi connectivity index (χ1v) is 7.27. The molecule has 0 unspecified atom stereocenters. The second kappa shape index (κ2) is 6.48. The van der Waals surface area contributed by atoms with Crippen LogP contribution in [0.3, 0.4) is 0 Å². The Hall–Kier alpha value is -3.24. The van der Waals surface area contributed by atoms with Gasteiger partial charge in [-0.15, -0.1) is 0 Å². The third kappa shape index (κ3) is 3.09. The predicted octanol–water partition coefficient (Wildman–Crippen LogP) is 3.19. The maximum absolute atomic E-state index is 12.1. The average molecular weight is 342 g/mol. The number of amides is 1. The summed E-state index contributed by atoms with van der Waals surface area (Å²) in [6.07, 6.45) is 1.46. The van der Waals surface area contributed by atoms with Crippen LogP contribution in [0.25, 0.3) is 11.3 Å². The van der Waals surface area contributed by atoms with Gasteiger partial charge >= 0.3 is 0 Å². The van der Waals surface area contributed by atoms with Gasteiger partial charge in [-0.1, -0.05) is 11.6 Å². The first-order chi connectivity index (χ1) is 11.6. The average Bonchev–Trinajstić information content (AvgIpc) is 3.24. The lowest BCUT2D eigenvalue weighted by molar-refractivity contribution is 0.102. The smallest absolute Gasteiger partial charge is 0.273 e. The van der Waals surface area contributed by atoms with E-state index in [1.165, 1.54) is 12.3 Å². The van der Waals surface area contributed by atoms with Gasteiger partial charge in [-0.05, 0) is 24.3 Å². The summed E-state index contributed by atoms with van der Waals surface area (Å²) in [5.41, 5.74) is 2.03. The standard InChI is InChI=1S/C16H12ClN5O2/c1-24-14-3-2-10(17)5-11(14)12-6-15(22-21-12)20-16(23)13-4-9(7-18)8-19-13/h2-6,8,19H,1H3,(H2,20,21,22,23). The summed E-state index contributed by atoms with van der Waals surface area (Å²) in [4.78, 5) is 14.8. The summed E-state index contributed by atoms with van der Waals surface area (Å²) in [5.74, 6) is 0.571. The van der Waals surface area contributed by atoms with Crippen molar-refractivity contribution in [1.82, 2.24) is 15.2 Å². The summed E-state index contributed by atoms with van der Waals surface area (Å²) in [6, 6.07) is 10.3. The fourth-order valence-electron chi connectivity index (χ4n) is 2.19. The molecule has 24 heavy (non-hydrogen) atoms. The molecule has 0 saturated heterocycles. The predicted molar refractivity (Wildman–Crippen MR) is 89.0 cm³/mol. The summed E-state index contributed by atoms with van der Waals surface area (Å²) >= 11 is 6.02. The molecule has 0 aliphatic carbocycles. The first-order valence-electron chi connectivity index (χ1n) is 6.90. The number of nitrogens with one attached hydrogen (secondary N) is 3. The Morgan fingerprint density at radius 3 is 2.92 bits per heavy atom. The second-order valence-corrected chi connectivity index (χ2v) is 5.32. The summed E-state index contributed by atoms with van der Waals surface area (Å²) in [7, 11) is 1.56. The molecular weight excluding hydrogens is 330 g/mol. The molecular formula is C16H12ClN5O2. The normalized spacial score (nSPS) is 10.2. The van der Waals surface area contributed by atoms with Crippen molar-refractivity contribution in [2.45, 2.75) is 0 Å². The topological polar surface area (TPSA) is 107 Å². The Labute approximate surface area is 142 Å². The van der Waals surface area contributed by atoms with Gasteiger partial charge in [0.25, 0.3) is 5.91 Å². The summed E-state index contributed by atoms with van der Waals surface area (Å²) < 4.78 is 5.30. The van der Waals surface area contributed by atoms with E-state index < -0.39 is 5.91 Å². The monoisotopic (exact) mass is 341 g/mol. The minimum Gasteiger partial charge on any atom is -0.496 e. The number of benzene rings is 1. The number of carbonyl (C=O) groups is 1. The zero-order chi connectivity index (χ0) is 17.1. The van der Waals surface area contributed by atoms with Crippen molar-refractivity contribution >= 4 is 23.3 Å². The largest absolute Gasteiger partial charge is 0.496 e. The lowest BCUT2D eigenvalue weighted by atomic mass is 10.1. The molecule has 0 radical (unpaired) electrons.